The summed E-state index contributed by atoms with van der Waals surface area (Å²) in [4.78, 5) is 4.70. The van der Waals surface area contributed by atoms with E-state index in [1.165, 1.54) is 20.1 Å². The van der Waals surface area contributed by atoms with Crippen molar-refractivity contribution >= 4 is 40.1 Å². The van der Waals surface area contributed by atoms with E-state index in [0.29, 0.717) is 55.4 Å². The molecule has 5 rings (SSSR count). The third kappa shape index (κ3) is 6.62. The Hall–Kier alpha value is -4.31. The number of aliphatic imine (C=N–C) groups is 1. The van der Waals surface area contributed by atoms with Crippen LogP contribution in [0.25, 0.3) is 27.1 Å². The van der Waals surface area contributed by atoms with Crippen molar-refractivity contribution in [2.24, 2.45) is 4.99 Å². The minimum absolute atomic E-state index is 0.000164. The number of benzene rings is 3. The van der Waals surface area contributed by atoms with E-state index in [0.717, 1.165) is 4.48 Å². The maximum Gasteiger partial charge on any atom is 0.598 e. The summed E-state index contributed by atoms with van der Waals surface area (Å²) < 4.78 is 152. The van der Waals surface area contributed by atoms with E-state index in [9.17, 15) is 43.9 Å². The van der Waals surface area contributed by atoms with Crippen molar-refractivity contribution in [2.45, 2.75) is 51.9 Å². The molecule has 50 heavy (non-hydrogen) atoms. The summed E-state index contributed by atoms with van der Waals surface area (Å²) in [6.07, 6.45) is -10.5. The van der Waals surface area contributed by atoms with Crippen molar-refractivity contribution < 1.29 is 57.9 Å². The molecule has 1 aromatic heterocycles. The molecule has 0 fully saturated rings. The lowest BCUT2D eigenvalue weighted by atomic mass is 9.86. The van der Waals surface area contributed by atoms with Crippen LogP contribution < -0.4 is 4.74 Å². The van der Waals surface area contributed by atoms with Gasteiger partial charge in [0.25, 0.3) is 0 Å². The first-order chi connectivity index (χ1) is 23.2. The van der Waals surface area contributed by atoms with Crippen LogP contribution in [0, 0.1) is 13.8 Å². The fraction of sp³-hybridized carbons (Fsp3) is 0.324. The lowest BCUT2D eigenvalue weighted by Gasteiger charge is -2.27. The summed E-state index contributed by atoms with van der Waals surface area (Å²) in [7, 11) is -1.14. The Morgan fingerprint density at radius 1 is 0.720 bits per heavy atom. The van der Waals surface area contributed by atoms with Crippen LogP contribution in [0.3, 0.4) is 0 Å². The zero-order chi connectivity index (χ0) is 37.0. The predicted octanol–water partition coefficient (Wildman–Crippen LogP) is 9.86. The van der Waals surface area contributed by atoms with Crippen LogP contribution in [-0.4, -0.2) is 62.0 Å². The Morgan fingerprint density at radius 2 is 1.18 bits per heavy atom. The first-order valence-corrected chi connectivity index (χ1v) is 15.0. The van der Waals surface area contributed by atoms with E-state index in [1.54, 1.807) is 75.4 Å². The number of hydrogen-bond donors (Lipinski definition) is 0. The van der Waals surface area contributed by atoms with Gasteiger partial charge in [0.05, 0.1) is 12.8 Å². The molecule has 0 atom stereocenters. The van der Waals surface area contributed by atoms with Gasteiger partial charge in [-0.15, -0.1) is 0 Å². The summed E-state index contributed by atoms with van der Waals surface area (Å²) >= 11 is 0. The SMILES string of the molecule is COc1c2ccccc2c(/C(=C2/N=C(C)C=C2C)c2c(C)cc(C)n2B(OCC(F)(F)C(F)(F)F)OCC(F)(F)C(F)(F)F)c2ccccc12. The van der Waals surface area contributed by atoms with Crippen LogP contribution in [0.1, 0.15) is 36.4 Å². The molecule has 3 aromatic carbocycles. The van der Waals surface area contributed by atoms with Gasteiger partial charge in [-0.1, -0.05) is 48.5 Å². The smallest absolute Gasteiger partial charge is 0.495 e. The summed E-state index contributed by atoms with van der Waals surface area (Å²) in [5.41, 5.74) is 2.52. The van der Waals surface area contributed by atoms with Crippen LogP contribution in [0.5, 0.6) is 5.75 Å². The van der Waals surface area contributed by atoms with Crippen LogP contribution in [0.2, 0.25) is 0 Å². The fourth-order valence-corrected chi connectivity index (χ4v) is 5.98. The van der Waals surface area contributed by atoms with E-state index < -0.39 is 44.7 Å². The van der Waals surface area contributed by atoms with E-state index in [4.69, 9.17) is 19.0 Å². The molecular weight excluding hydrogens is 685 g/mol. The minimum atomic E-state index is -6.13. The molecule has 0 radical (unpaired) electrons. The molecule has 0 spiro atoms. The zero-order valence-electron chi connectivity index (χ0n) is 27.2. The van der Waals surface area contributed by atoms with Gasteiger partial charge in [0, 0.05) is 39.0 Å². The van der Waals surface area contributed by atoms with Crippen molar-refractivity contribution in [1.82, 2.24) is 4.48 Å². The molecule has 1 aliphatic heterocycles. The number of nitrogens with zero attached hydrogens (tertiary/aromatic N) is 2. The maximum atomic E-state index is 14.2. The third-order valence-corrected chi connectivity index (χ3v) is 8.17. The summed E-state index contributed by atoms with van der Waals surface area (Å²) in [6.45, 7) is 1.40. The lowest BCUT2D eigenvalue weighted by Crippen LogP contribution is -2.48. The monoisotopic (exact) mass is 714 g/mol. The van der Waals surface area contributed by atoms with E-state index in [-0.39, 0.29) is 17.0 Å². The van der Waals surface area contributed by atoms with Crippen LogP contribution in [-0.2, 0) is 9.31 Å². The molecular formula is C34H29BF10N2O3. The number of ether oxygens (including phenoxy) is 1. The van der Waals surface area contributed by atoms with Crippen molar-refractivity contribution in [3.63, 3.8) is 0 Å². The molecule has 0 N–H and O–H groups in total. The molecule has 0 bridgehead atoms. The Labute approximate surface area is 280 Å². The number of fused-ring (bicyclic) bond motifs is 2. The largest absolute Gasteiger partial charge is 0.598 e. The molecule has 266 valence electrons. The molecule has 16 heteroatoms. The number of hydrogen-bond acceptors (Lipinski definition) is 4. The number of alkyl halides is 10. The number of rotatable bonds is 10. The minimum Gasteiger partial charge on any atom is -0.495 e. The molecule has 0 aliphatic carbocycles. The van der Waals surface area contributed by atoms with E-state index >= 15 is 0 Å². The summed E-state index contributed by atoms with van der Waals surface area (Å²) in [6, 6.07) is 15.5. The highest BCUT2D eigenvalue weighted by atomic mass is 19.4. The van der Waals surface area contributed by atoms with Crippen LogP contribution in [0.4, 0.5) is 43.9 Å². The van der Waals surface area contributed by atoms with Crippen molar-refractivity contribution in [2.75, 3.05) is 20.3 Å². The van der Waals surface area contributed by atoms with Crippen LogP contribution >= 0.6 is 0 Å². The third-order valence-electron chi connectivity index (χ3n) is 8.17. The molecule has 0 amide bonds. The second kappa shape index (κ2) is 13.1. The van der Waals surface area contributed by atoms with Gasteiger partial charge in [0.1, 0.15) is 19.0 Å². The van der Waals surface area contributed by atoms with Crippen molar-refractivity contribution in [3.05, 3.63) is 94.5 Å². The Morgan fingerprint density at radius 3 is 1.58 bits per heavy atom. The molecule has 0 unspecified atom stereocenters. The summed E-state index contributed by atoms with van der Waals surface area (Å²) in [5.74, 6) is -10.5. The average Bonchev–Trinajstić information content (AvgIpc) is 3.51. The maximum absolute atomic E-state index is 14.2. The van der Waals surface area contributed by atoms with Crippen LogP contribution in [0.15, 0.2) is 76.9 Å². The second-order valence-corrected chi connectivity index (χ2v) is 11.8. The van der Waals surface area contributed by atoms with E-state index in [1.807, 2.05) is 0 Å². The second-order valence-electron chi connectivity index (χ2n) is 11.8. The van der Waals surface area contributed by atoms with Gasteiger partial charge in [-0.3, -0.25) is 4.99 Å². The van der Waals surface area contributed by atoms with Gasteiger partial charge in [0.15, 0.2) is 0 Å². The Bertz CT molecular complexity index is 1960. The average molecular weight is 714 g/mol. The number of methoxy groups -OCH3 is 1. The highest BCUT2D eigenvalue weighted by molar-refractivity contribution is 6.43. The number of aryl methyl sites for hydroxylation is 2. The van der Waals surface area contributed by atoms with Gasteiger partial charge in [-0.2, -0.15) is 43.9 Å². The Kier molecular flexibility index (Phi) is 9.69. The number of halogens is 10. The quantitative estimate of drug-likeness (QED) is 0.0934. The van der Waals surface area contributed by atoms with Gasteiger partial charge in [0.2, 0.25) is 0 Å². The molecule has 2 heterocycles. The normalized spacial score (nSPS) is 15.5. The number of allylic oxidation sites excluding steroid dienone is 2. The van der Waals surface area contributed by atoms with Gasteiger partial charge >= 0.3 is 31.5 Å². The summed E-state index contributed by atoms with van der Waals surface area (Å²) in [5, 5.41) is 2.39. The number of aromatic nitrogens is 1. The standard InChI is InChI=1S/C34H29BF10N2O3/c1-18-14-20(3)46-28(18)27(26-22-10-6-8-12-24(22)30(48-5)25-13-9-7-11-23(25)26)29-19(2)15-21(4)47(29)35(49-16-31(36,37)33(40,41)42)50-17-32(38,39)34(43,44)45/h6-15H,16-17H2,1-5H3/b28-27-. The fourth-order valence-electron chi connectivity index (χ4n) is 5.98. The molecule has 1 aliphatic rings. The predicted molar refractivity (Wildman–Crippen MR) is 170 cm³/mol. The first-order valence-electron chi connectivity index (χ1n) is 15.0. The van der Waals surface area contributed by atoms with Gasteiger partial charge in [-0.05, 0) is 61.7 Å². The first kappa shape index (κ1) is 37.0. The van der Waals surface area contributed by atoms with Gasteiger partial charge < -0.3 is 18.5 Å². The zero-order valence-corrected chi connectivity index (χ0v) is 27.2. The highest BCUT2D eigenvalue weighted by Gasteiger charge is 2.60. The molecule has 5 nitrogen and oxygen atoms in total. The molecule has 4 aromatic rings. The lowest BCUT2D eigenvalue weighted by molar-refractivity contribution is -0.295. The molecule has 0 saturated carbocycles. The highest BCUT2D eigenvalue weighted by Crippen LogP contribution is 2.47. The topological polar surface area (TPSA) is 45.0 Å². The van der Waals surface area contributed by atoms with E-state index in [2.05, 4.69) is 0 Å². The van der Waals surface area contributed by atoms with Crippen molar-refractivity contribution in [3.8, 4) is 5.75 Å². The molecule has 0 saturated heterocycles. The van der Waals surface area contributed by atoms with Gasteiger partial charge in [-0.25, -0.2) is 0 Å². The van der Waals surface area contributed by atoms with Crippen molar-refractivity contribution in [1.29, 1.82) is 0 Å². The Balaban J connectivity index is 1.86.